The van der Waals surface area contributed by atoms with E-state index in [2.05, 4.69) is 0 Å². The summed E-state index contributed by atoms with van der Waals surface area (Å²) in [7, 11) is 0. The lowest BCUT2D eigenvalue weighted by Crippen LogP contribution is -2.11. The second-order valence-electron chi connectivity index (χ2n) is 5.49. The van der Waals surface area contributed by atoms with Gasteiger partial charge in [0.2, 0.25) is 0 Å². The molecule has 1 saturated heterocycles. The van der Waals surface area contributed by atoms with Gasteiger partial charge in [0, 0.05) is 6.61 Å². The van der Waals surface area contributed by atoms with Crippen molar-refractivity contribution in [2.75, 3.05) is 13.2 Å². The van der Waals surface area contributed by atoms with Gasteiger partial charge >= 0.3 is 5.97 Å². The molecular formula is C18H17FO4. The lowest BCUT2D eigenvalue weighted by atomic mass is 9.98. The van der Waals surface area contributed by atoms with E-state index in [1.807, 2.05) is 24.3 Å². The van der Waals surface area contributed by atoms with Crippen LogP contribution < -0.4 is 0 Å². The van der Waals surface area contributed by atoms with Crippen molar-refractivity contribution in [2.24, 2.45) is 0 Å². The van der Waals surface area contributed by atoms with Crippen molar-refractivity contribution in [1.82, 2.24) is 0 Å². The number of ether oxygens (including phenoxy) is 2. The molecule has 5 heteroatoms. The Labute approximate surface area is 133 Å². The molecule has 4 nitrogen and oxygen atoms in total. The molecule has 0 spiro atoms. The third-order valence-corrected chi connectivity index (χ3v) is 3.82. The largest absolute Gasteiger partial charge is 0.478 e. The first-order chi connectivity index (χ1) is 11.1. The molecule has 120 valence electrons. The fourth-order valence-electron chi connectivity index (χ4n) is 2.63. The van der Waals surface area contributed by atoms with E-state index in [0.29, 0.717) is 18.8 Å². The number of carbonyl (C=O) groups is 1. The van der Waals surface area contributed by atoms with Crippen molar-refractivity contribution >= 4 is 5.97 Å². The van der Waals surface area contributed by atoms with Gasteiger partial charge in [0.05, 0.1) is 24.9 Å². The topological polar surface area (TPSA) is 55.8 Å². The molecule has 2 aromatic carbocycles. The standard InChI is InChI=1S/C18H17FO4/c19-14-4-5-16(17(9-14)18(20)21)13-3-1-2-12(8-13)10-23-15-6-7-22-11-15/h1-5,8-9,15H,6-7,10-11H2,(H,20,21). The van der Waals surface area contributed by atoms with Crippen molar-refractivity contribution in [3.8, 4) is 11.1 Å². The molecule has 1 atom stereocenters. The summed E-state index contributed by atoms with van der Waals surface area (Å²) < 4.78 is 24.3. The van der Waals surface area contributed by atoms with Gasteiger partial charge in [0.25, 0.3) is 0 Å². The number of carboxylic acids is 1. The molecule has 1 heterocycles. The summed E-state index contributed by atoms with van der Waals surface area (Å²) >= 11 is 0. The van der Waals surface area contributed by atoms with Crippen LogP contribution in [0, 0.1) is 5.82 Å². The van der Waals surface area contributed by atoms with E-state index in [9.17, 15) is 14.3 Å². The predicted octanol–water partition coefficient (Wildman–Crippen LogP) is 3.50. The molecular weight excluding hydrogens is 299 g/mol. The Morgan fingerprint density at radius 3 is 2.91 bits per heavy atom. The van der Waals surface area contributed by atoms with Gasteiger partial charge in [-0.15, -0.1) is 0 Å². The quantitative estimate of drug-likeness (QED) is 0.917. The van der Waals surface area contributed by atoms with Crippen molar-refractivity contribution in [1.29, 1.82) is 0 Å². The number of carboxylic acid groups (broad SMARTS) is 1. The minimum absolute atomic E-state index is 0.0488. The average Bonchev–Trinajstić information content (AvgIpc) is 3.06. The van der Waals surface area contributed by atoms with Crippen LogP contribution in [0.2, 0.25) is 0 Å². The van der Waals surface area contributed by atoms with Crippen LogP contribution in [0.3, 0.4) is 0 Å². The summed E-state index contributed by atoms with van der Waals surface area (Å²) in [6.45, 7) is 1.77. The van der Waals surface area contributed by atoms with Crippen LogP contribution in [0.5, 0.6) is 0 Å². The molecule has 0 amide bonds. The van der Waals surface area contributed by atoms with Gasteiger partial charge in [-0.2, -0.15) is 0 Å². The van der Waals surface area contributed by atoms with Crippen LogP contribution in [0.15, 0.2) is 42.5 Å². The van der Waals surface area contributed by atoms with Gasteiger partial charge in [-0.05, 0) is 41.3 Å². The maximum atomic E-state index is 13.3. The molecule has 2 aromatic rings. The minimum atomic E-state index is -1.15. The summed E-state index contributed by atoms with van der Waals surface area (Å²) in [6, 6.07) is 11.2. The van der Waals surface area contributed by atoms with E-state index >= 15 is 0 Å². The number of rotatable bonds is 5. The van der Waals surface area contributed by atoms with Gasteiger partial charge in [-0.25, -0.2) is 9.18 Å². The van der Waals surface area contributed by atoms with Gasteiger partial charge in [-0.1, -0.05) is 24.3 Å². The average molecular weight is 316 g/mol. The molecule has 1 aliphatic heterocycles. The highest BCUT2D eigenvalue weighted by Gasteiger charge is 2.16. The van der Waals surface area contributed by atoms with Crippen LogP contribution in [0.1, 0.15) is 22.3 Å². The summed E-state index contributed by atoms with van der Waals surface area (Å²) in [5, 5.41) is 9.26. The highest BCUT2D eigenvalue weighted by molar-refractivity contribution is 5.96. The minimum Gasteiger partial charge on any atom is -0.478 e. The highest BCUT2D eigenvalue weighted by Crippen LogP contribution is 2.26. The number of hydrogen-bond acceptors (Lipinski definition) is 3. The van der Waals surface area contributed by atoms with Gasteiger partial charge < -0.3 is 14.6 Å². The van der Waals surface area contributed by atoms with Crippen LogP contribution >= 0.6 is 0 Å². The summed E-state index contributed by atoms with van der Waals surface area (Å²) in [5.74, 6) is -1.71. The van der Waals surface area contributed by atoms with Gasteiger partial charge in [0.1, 0.15) is 5.82 Å². The summed E-state index contributed by atoms with van der Waals surface area (Å²) in [5.41, 5.74) is 2.11. The Kier molecular flexibility index (Phi) is 4.69. The van der Waals surface area contributed by atoms with Gasteiger partial charge in [0.15, 0.2) is 0 Å². The Balaban J connectivity index is 1.83. The van der Waals surface area contributed by atoms with Gasteiger partial charge in [-0.3, -0.25) is 0 Å². The molecule has 1 N–H and O–H groups in total. The van der Waals surface area contributed by atoms with Crippen molar-refractivity contribution in [2.45, 2.75) is 19.1 Å². The zero-order valence-corrected chi connectivity index (χ0v) is 12.5. The Bertz CT molecular complexity index is 708. The Morgan fingerprint density at radius 2 is 2.17 bits per heavy atom. The lowest BCUT2D eigenvalue weighted by Gasteiger charge is -2.12. The molecule has 23 heavy (non-hydrogen) atoms. The predicted molar refractivity (Wildman–Crippen MR) is 82.8 cm³/mol. The normalized spacial score (nSPS) is 17.3. The lowest BCUT2D eigenvalue weighted by molar-refractivity contribution is 0.0318. The molecule has 0 aromatic heterocycles. The third-order valence-electron chi connectivity index (χ3n) is 3.82. The molecule has 1 aliphatic rings. The number of benzene rings is 2. The molecule has 1 unspecified atom stereocenters. The van der Waals surface area contributed by atoms with E-state index in [1.54, 1.807) is 0 Å². The molecule has 0 bridgehead atoms. The Morgan fingerprint density at radius 1 is 1.30 bits per heavy atom. The van der Waals surface area contributed by atoms with E-state index in [-0.39, 0.29) is 11.7 Å². The second-order valence-corrected chi connectivity index (χ2v) is 5.49. The maximum absolute atomic E-state index is 13.3. The van der Waals surface area contributed by atoms with Crippen LogP contribution in [-0.4, -0.2) is 30.4 Å². The molecule has 0 radical (unpaired) electrons. The smallest absolute Gasteiger partial charge is 0.336 e. The molecule has 3 rings (SSSR count). The van der Waals surface area contributed by atoms with Crippen LogP contribution in [-0.2, 0) is 16.1 Å². The first-order valence-electron chi connectivity index (χ1n) is 7.45. The van der Waals surface area contributed by atoms with E-state index in [4.69, 9.17) is 9.47 Å². The molecule has 0 aliphatic carbocycles. The fourth-order valence-corrected chi connectivity index (χ4v) is 2.63. The number of aromatic carboxylic acids is 1. The zero-order chi connectivity index (χ0) is 16.2. The van der Waals surface area contributed by atoms with E-state index < -0.39 is 11.8 Å². The maximum Gasteiger partial charge on any atom is 0.336 e. The first kappa shape index (κ1) is 15.6. The Hall–Kier alpha value is -2.24. The zero-order valence-electron chi connectivity index (χ0n) is 12.5. The first-order valence-corrected chi connectivity index (χ1v) is 7.45. The van der Waals surface area contributed by atoms with E-state index in [1.165, 1.54) is 12.1 Å². The van der Waals surface area contributed by atoms with Crippen molar-refractivity contribution < 1.29 is 23.8 Å². The second kappa shape index (κ2) is 6.89. The molecule has 1 fully saturated rings. The number of hydrogen-bond donors (Lipinski definition) is 1. The summed E-state index contributed by atoms with van der Waals surface area (Å²) in [4.78, 5) is 11.3. The van der Waals surface area contributed by atoms with Crippen molar-refractivity contribution in [3.63, 3.8) is 0 Å². The fraction of sp³-hybridized carbons (Fsp3) is 0.278. The van der Waals surface area contributed by atoms with Crippen LogP contribution in [0.4, 0.5) is 4.39 Å². The number of halogens is 1. The van der Waals surface area contributed by atoms with Crippen molar-refractivity contribution in [3.05, 3.63) is 59.4 Å². The van der Waals surface area contributed by atoms with E-state index in [0.717, 1.165) is 30.2 Å². The molecule has 0 saturated carbocycles. The van der Waals surface area contributed by atoms with Crippen LogP contribution in [0.25, 0.3) is 11.1 Å². The summed E-state index contributed by atoms with van der Waals surface area (Å²) in [6.07, 6.45) is 1.000. The highest BCUT2D eigenvalue weighted by atomic mass is 19.1. The third kappa shape index (κ3) is 3.75. The monoisotopic (exact) mass is 316 g/mol. The SMILES string of the molecule is O=C(O)c1cc(F)ccc1-c1cccc(COC2CCOC2)c1.